The average Bonchev–Trinajstić information content (AvgIpc) is 3.22. The van der Waals surface area contributed by atoms with E-state index >= 15 is 0 Å². The van der Waals surface area contributed by atoms with Gasteiger partial charge in [0.05, 0.1) is 6.26 Å². The molecule has 0 aliphatic heterocycles. The van der Waals surface area contributed by atoms with Crippen molar-refractivity contribution in [1.29, 1.82) is 0 Å². The van der Waals surface area contributed by atoms with Gasteiger partial charge in [-0.25, -0.2) is 8.42 Å². The van der Waals surface area contributed by atoms with Crippen LogP contribution in [0.25, 0.3) is 0 Å². The lowest BCUT2D eigenvalue weighted by Gasteiger charge is -2.10. The van der Waals surface area contributed by atoms with Gasteiger partial charge in [-0.2, -0.15) is 4.98 Å². The van der Waals surface area contributed by atoms with Crippen LogP contribution in [0.1, 0.15) is 54.9 Å². The van der Waals surface area contributed by atoms with Gasteiger partial charge in [0.2, 0.25) is 15.9 Å². The van der Waals surface area contributed by atoms with Crippen LogP contribution in [0, 0.1) is 0 Å². The van der Waals surface area contributed by atoms with Gasteiger partial charge in [0.25, 0.3) is 5.89 Å². The van der Waals surface area contributed by atoms with Crippen LogP contribution >= 0.6 is 0 Å². The maximum Gasteiger partial charge on any atom is 0.264 e. The van der Waals surface area contributed by atoms with Crippen LogP contribution in [0.15, 0.2) is 59.1 Å². The number of benzene rings is 2. The fourth-order valence-corrected chi connectivity index (χ4v) is 3.84. The van der Waals surface area contributed by atoms with Crippen LogP contribution in [0.3, 0.4) is 0 Å². The Balaban J connectivity index is 1.48. The van der Waals surface area contributed by atoms with Gasteiger partial charge in [0.1, 0.15) is 5.75 Å². The Hall–Kier alpha value is -3.20. The molecule has 1 atom stereocenters. The van der Waals surface area contributed by atoms with E-state index in [-0.39, 0.29) is 18.9 Å². The van der Waals surface area contributed by atoms with Crippen molar-refractivity contribution >= 4 is 15.9 Å². The summed E-state index contributed by atoms with van der Waals surface area (Å²) >= 11 is 0. The number of aryl methyl sites for hydroxylation is 1. The number of nitrogens with zero attached hydrogens (tertiary/aromatic N) is 2. The summed E-state index contributed by atoms with van der Waals surface area (Å²) in [5, 5.41) is 4.12. The second-order valence-corrected chi connectivity index (χ2v) is 9.25. The summed E-state index contributed by atoms with van der Waals surface area (Å²) in [5.41, 5.74) is 2.17. The maximum absolute atomic E-state index is 11.5. The SMILES string of the molecule is CCC(c1ccccc1)c1noc(COc2ccc(CCCC(=O)NS(C)(=O)=O)cc2)n1. The van der Waals surface area contributed by atoms with Gasteiger partial charge < -0.3 is 9.26 Å². The molecule has 170 valence electrons. The van der Waals surface area contributed by atoms with Crippen molar-refractivity contribution in [1.82, 2.24) is 14.9 Å². The van der Waals surface area contributed by atoms with Crippen LogP contribution in [-0.2, 0) is 27.8 Å². The fraction of sp³-hybridized carbons (Fsp3) is 0.348. The minimum absolute atomic E-state index is 0.0764. The van der Waals surface area contributed by atoms with E-state index in [2.05, 4.69) is 29.2 Å². The zero-order valence-electron chi connectivity index (χ0n) is 18.2. The summed E-state index contributed by atoms with van der Waals surface area (Å²) in [5.74, 6) is 1.30. The van der Waals surface area contributed by atoms with Crippen LogP contribution in [0.4, 0.5) is 0 Å². The third-order valence-corrected chi connectivity index (χ3v) is 5.46. The van der Waals surface area contributed by atoms with E-state index in [4.69, 9.17) is 9.26 Å². The molecule has 0 fully saturated rings. The first-order chi connectivity index (χ1) is 15.3. The minimum atomic E-state index is -3.51. The number of hydrogen-bond donors (Lipinski definition) is 1. The second kappa shape index (κ2) is 10.9. The molecule has 32 heavy (non-hydrogen) atoms. The van der Waals surface area contributed by atoms with Gasteiger partial charge in [-0.3, -0.25) is 9.52 Å². The number of aromatic nitrogens is 2. The van der Waals surface area contributed by atoms with Crippen molar-refractivity contribution < 1.29 is 22.5 Å². The molecule has 3 aromatic rings. The highest BCUT2D eigenvalue weighted by molar-refractivity contribution is 7.89. The van der Waals surface area contributed by atoms with Gasteiger partial charge in [-0.1, -0.05) is 54.5 Å². The number of carbonyl (C=O) groups is 1. The molecule has 1 amide bonds. The van der Waals surface area contributed by atoms with Crippen molar-refractivity contribution in [2.75, 3.05) is 6.26 Å². The lowest BCUT2D eigenvalue weighted by atomic mass is 9.96. The standard InChI is InChI=1S/C23H27N3O5S/c1-3-20(18-9-5-4-6-10-18)23-24-22(31-25-23)16-30-19-14-12-17(13-15-19)8-7-11-21(27)26-32(2,28)29/h4-6,9-10,12-15,20H,3,7-8,11,16H2,1-2H3,(H,26,27). The molecule has 8 nitrogen and oxygen atoms in total. The van der Waals surface area contributed by atoms with Gasteiger partial charge in [0, 0.05) is 12.3 Å². The zero-order valence-corrected chi connectivity index (χ0v) is 19.0. The Morgan fingerprint density at radius 3 is 2.50 bits per heavy atom. The summed E-state index contributed by atoms with van der Waals surface area (Å²) < 4.78 is 35.1. The zero-order chi connectivity index (χ0) is 23.0. The Kier molecular flexibility index (Phi) is 7.99. The molecule has 1 heterocycles. The number of sulfonamides is 1. The molecule has 1 aromatic heterocycles. The largest absolute Gasteiger partial charge is 0.484 e. The Morgan fingerprint density at radius 1 is 1.12 bits per heavy atom. The van der Waals surface area contributed by atoms with Gasteiger partial charge >= 0.3 is 0 Å². The third-order valence-electron chi connectivity index (χ3n) is 4.86. The first-order valence-electron chi connectivity index (χ1n) is 10.4. The molecule has 0 aliphatic rings. The molecular weight excluding hydrogens is 430 g/mol. The van der Waals surface area contributed by atoms with E-state index < -0.39 is 15.9 Å². The Bertz CT molecular complexity index is 1110. The fourth-order valence-electron chi connectivity index (χ4n) is 3.33. The van der Waals surface area contributed by atoms with Crippen molar-refractivity contribution in [2.24, 2.45) is 0 Å². The van der Waals surface area contributed by atoms with Gasteiger partial charge in [-0.05, 0) is 42.5 Å². The molecule has 2 aromatic carbocycles. The first kappa shape index (κ1) is 23.5. The quantitative estimate of drug-likeness (QED) is 0.468. The molecule has 0 saturated carbocycles. The van der Waals surface area contributed by atoms with E-state index in [0.29, 0.717) is 30.3 Å². The number of ether oxygens (including phenoxy) is 1. The predicted octanol–water partition coefficient (Wildman–Crippen LogP) is 3.59. The highest BCUT2D eigenvalue weighted by Gasteiger charge is 2.18. The second-order valence-electron chi connectivity index (χ2n) is 7.50. The van der Waals surface area contributed by atoms with E-state index in [1.807, 2.05) is 47.2 Å². The highest BCUT2D eigenvalue weighted by Crippen LogP contribution is 2.25. The number of carbonyl (C=O) groups excluding carboxylic acids is 1. The lowest BCUT2D eigenvalue weighted by Crippen LogP contribution is -2.29. The molecule has 0 aliphatic carbocycles. The normalized spacial score (nSPS) is 12.3. The van der Waals surface area contributed by atoms with Crippen LogP contribution in [0.5, 0.6) is 5.75 Å². The highest BCUT2D eigenvalue weighted by atomic mass is 32.2. The van der Waals surface area contributed by atoms with Crippen molar-refractivity contribution in [2.45, 2.75) is 45.1 Å². The summed E-state index contributed by atoms with van der Waals surface area (Å²) in [6.45, 7) is 2.26. The molecular formula is C23H27N3O5S. The summed E-state index contributed by atoms with van der Waals surface area (Å²) in [6.07, 6.45) is 3.17. The van der Waals surface area contributed by atoms with Crippen molar-refractivity contribution in [3.05, 3.63) is 77.4 Å². The van der Waals surface area contributed by atoms with E-state index in [1.54, 1.807) is 0 Å². The summed E-state index contributed by atoms with van der Waals surface area (Å²) in [7, 11) is -3.51. The maximum atomic E-state index is 11.5. The monoisotopic (exact) mass is 457 g/mol. The number of rotatable bonds is 11. The topological polar surface area (TPSA) is 111 Å². The van der Waals surface area contributed by atoms with Crippen LogP contribution in [-0.4, -0.2) is 30.7 Å². The Labute approximate surface area is 188 Å². The molecule has 0 bridgehead atoms. The first-order valence-corrected chi connectivity index (χ1v) is 12.3. The number of hydrogen-bond acceptors (Lipinski definition) is 7. The average molecular weight is 458 g/mol. The summed E-state index contributed by atoms with van der Waals surface area (Å²) in [4.78, 5) is 16.0. The molecule has 0 saturated heterocycles. The molecule has 0 spiro atoms. The van der Waals surface area contributed by atoms with E-state index in [1.165, 1.54) is 0 Å². The van der Waals surface area contributed by atoms with Crippen LogP contribution in [0.2, 0.25) is 0 Å². The molecule has 1 N–H and O–H groups in total. The smallest absolute Gasteiger partial charge is 0.264 e. The predicted molar refractivity (Wildman–Crippen MR) is 120 cm³/mol. The number of amides is 1. The minimum Gasteiger partial charge on any atom is -0.484 e. The van der Waals surface area contributed by atoms with Gasteiger partial charge in [0.15, 0.2) is 12.4 Å². The molecule has 1 unspecified atom stereocenters. The van der Waals surface area contributed by atoms with Gasteiger partial charge in [-0.15, -0.1) is 0 Å². The molecule has 3 rings (SSSR count). The summed E-state index contributed by atoms with van der Waals surface area (Å²) in [6, 6.07) is 17.6. The lowest BCUT2D eigenvalue weighted by molar-refractivity contribution is -0.119. The Morgan fingerprint density at radius 2 is 1.84 bits per heavy atom. The van der Waals surface area contributed by atoms with Crippen molar-refractivity contribution in [3.63, 3.8) is 0 Å². The van der Waals surface area contributed by atoms with Crippen molar-refractivity contribution in [3.8, 4) is 5.75 Å². The van der Waals surface area contributed by atoms with E-state index in [9.17, 15) is 13.2 Å². The van der Waals surface area contributed by atoms with E-state index in [0.717, 1.165) is 23.8 Å². The molecule has 9 heteroatoms. The van der Waals surface area contributed by atoms with Crippen LogP contribution < -0.4 is 9.46 Å². The number of nitrogens with one attached hydrogen (secondary N) is 1. The molecule has 0 radical (unpaired) electrons. The third kappa shape index (κ3) is 7.19.